The molecule has 96 valence electrons. The highest BCUT2D eigenvalue weighted by molar-refractivity contribution is 4.92. The van der Waals surface area contributed by atoms with Crippen LogP contribution in [0.15, 0.2) is 17.8 Å². The molecule has 0 aliphatic carbocycles. The van der Waals surface area contributed by atoms with Gasteiger partial charge in [0.25, 0.3) is 0 Å². The molecule has 0 aromatic carbocycles. The summed E-state index contributed by atoms with van der Waals surface area (Å²) in [6, 6.07) is -0.868. The number of nitrogens with zero attached hydrogens (tertiary/aromatic N) is 3. The van der Waals surface area contributed by atoms with Crippen molar-refractivity contribution in [3.05, 3.63) is 23.1 Å². The highest BCUT2D eigenvalue weighted by Crippen LogP contribution is 2.21. The van der Waals surface area contributed by atoms with Gasteiger partial charge in [0, 0.05) is 4.91 Å². The van der Waals surface area contributed by atoms with E-state index in [1.165, 1.54) is 6.08 Å². The summed E-state index contributed by atoms with van der Waals surface area (Å²) >= 11 is 0. The van der Waals surface area contributed by atoms with E-state index in [2.05, 4.69) is 16.6 Å². The summed E-state index contributed by atoms with van der Waals surface area (Å²) in [6.07, 6.45) is -2.60. The molecule has 5 unspecified atom stereocenters. The summed E-state index contributed by atoms with van der Waals surface area (Å²) < 4.78 is 10.5. The Morgan fingerprint density at radius 1 is 1.53 bits per heavy atom. The number of nitrogens with two attached hydrogens (primary N) is 1. The number of ether oxygens (including phenoxy) is 2. The van der Waals surface area contributed by atoms with Crippen molar-refractivity contribution in [3.8, 4) is 0 Å². The second-order valence-corrected chi connectivity index (χ2v) is 3.64. The Labute approximate surface area is 98.3 Å². The van der Waals surface area contributed by atoms with Gasteiger partial charge in [0.05, 0.1) is 25.3 Å². The van der Waals surface area contributed by atoms with Crippen molar-refractivity contribution in [2.75, 3.05) is 13.2 Å². The first-order valence-corrected chi connectivity index (χ1v) is 5.12. The van der Waals surface area contributed by atoms with Crippen molar-refractivity contribution in [1.29, 1.82) is 0 Å². The number of aliphatic hydroxyl groups is 2. The van der Waals surface area contributed by atoms with E-state index >= 15 is 0 Å². The average Bonchev–Trinajstić information content (AvgIpc) is 2.34. The first kappa shape index (κ1) is 13.9. The zero-order chi connectivity index (χ0) is 12.8. The van der Waals surface area contributed by atoms with Crippen molar-refractivity contribution in [2.45, 2.75) is 30.6 Å². The summed E-state index contributed by atoms with van der Waals surface area (Å²) in [6.45, 7) is 3.57. The van der Waals surface area contributed by atoms with Crippen LogP contribution >= 0.6 is 0 Å². The van der Waals surface area contributed by atoms with Gasteiger partial charge in [-0.15, -0.1) is 6.58 Å². The number of azide groups is 1. The molecule has 1 fully saturated rings. The quantitative estimate of drug-likeness (QED) is 0.254. The summed E-state index contributed by atoms with van der Waals surface area (Å²) in [5.74, 6) is 0. The summed E-state index contributed by atoms with van der Waals surface area (Å²) in [7, 11) is 0. The van der Waals surface area contributed by atoms with Gasteiger partial charge in [0.2, 0.25) is 0 Å². The molecule has 8 nitrogen and oxygen atoms in total. The van der Waals surface area contributed by atoms with E-state index in [0.29, 0.717) is 0 Å². The van der Waals surface area contributed by atoms with E-state index in [1.54, 1.807) is 0 Å². The highest BCUT2D eigenvalue weighted by Gasteiger charge is 2.42. The fourth-order valence-electron chi connectivity index (χ4n) is 1.53. The zero-order valence-corrected chi connectivity index (χ0v) is 9.22. The molecule has 1 saturated heterocycles. The van der Waals surface area contributed by atoms with Crippen LogP contribution in [0.1, 0.15) is 0 Å². The van der Waals surface area contributed by atoms with Gasteiger partial charge in [0.1, 0.15) is 12.2 Å². The summed E-state index contributed by atoms with van der Waals surface area (Å²) in [5, 5.41) is 22.6. The Balaban J connectivity index is 2.67. The molecular formula is C9H16N4O4. The van der Waals surface area contributed by atoms with Gasteiger partial charge >= 0.3 is 0 Å². The van der Waals surface area contributed by atoms with Gasteiger partial charge in [-0.1, -0.05) is 11.2 Å². The van der Waals surface area contributed by atoms with Crippen molar-refractivity contribution in [1.82, 2.24) is 0 Å². The smallest absolute Gasteiger partial charge is 0.176 e. The average molecular weight is 244 g/mol. The fraction of sp³-hybridized carbons (Fsp3) is 0.778. The van der Waals surface area contributed by atoms with Gasteiger partial charge in [-0.25, -0.2) is 0 Å². The maximum absolute atomic E-state index is 9.69. The minimum Gasteiger partial charge on any atom is -0.388 e. The lowest BCUT2D eigenvalue weighted by atomic mass is 9.97. The molecule has 17 heavy (non-hydrogen) atoms. The molecule has 0 aromatic heterocycles. The molecule has 0 saturated carbocycles. The van der Waals surface area contributed by atoms with Crippen LogP contribution in [-0.2, 0) is 9.47 Å². The van der Waals surface area contributed by atoms with Gasteiger partial charge in [0.15, 0.2) is 6.29 Å². The fourth-order valence-corrected chi connectivity index (χ4v) is 1.53. The van der Waals surface area contributed by atoms with Crippen LogP contribution in [0.5, 0.6) is 0 Å². The van der Waals surface area contributed by atoms with Crippen molar-refractivity contribution < 1.29 is 19.7 Å². The van der Waals surface area contributed by atoms with Crippen LogP contribution in [0.3, 0.4) is 0 Å². The maximum atomic E-state index is 9.69. The van der Waals surface area contributed by atoms with Crippen molar-refractivity contribution in [2.24, 2.45) is 10.8 Å². The van der Waals surface area contributed by atoms with E-state index in [0.717, 1.165) is 0 Å². The van der Waals surface area contributed by atoms with E-state index in [4.69, 9.17) is 20.7 Å². The minimum absolute atomic E-state index is 0.102. The van der Waals surface area contributed by atoms with Crippen LogP contribution in [0.4, 0.5) is 0 Å². The van der Waals surface area contributed by atoms with E-state index in [1.807, 2.05) is 0 Å². The number of hydrogen-bond acceptors (Lipinski definition) is 6. The molecule has 0 spiro atoms. The topological polar surface area (TPSA) is 134 Å². The van der Waals surface area contributed by atoms with Gasteiger partial charge in [-0.05, 0) is 5.53 Å². The molecule has 0 bridgehead atoms. The highest BCUT2D eigenvalue weighted by atomic mass is 16.7. The molecule has 4 N–H and O–H groups in total. The van der Waals surface area contributed by atoms with Crippen molar-refractivity contribution in [3.63, 3.8) is 0 Å². The molecule has 0 amide bonds. The lowest BCUT2D eigenvalue weighted by molar-refractivity contribution is -0.253. The third-order valence-corrected chi connectivity index (χ3v) is 2.45. The third kappa shape index (κ3) is 3.40. The van der Waals surface area contributed by atoms with Crippen molar-refractivity contribution >= 4 is 0 Å². The first-order chi connectivity index (χ1) is 8.11. The zero-order valence-electron chi connectivity index (χ0n) is 9.22. The molecule has 0 radical (unpaired) electrons. The monoisotopic (exact) mass is 244 g/mol. The second kappa shape index (κ2) is 6.55. The molecule has 0 aromatic rings. The molecular weight excluding hydrogens is 228 g/mol. The normalized spacial score (nSPS) is 37.2. The molecule has 1 aliphatic rings. The van der Waals surface area contributed by atoms with E-state index in [9.17, 15) is 10.2 Å². The SMILES string of the molecule is C=CCOC1OC(CN=[N+]=[N-])C(O)C(O)C1N. The van der Waals surface area contributed by atoms with Gasteiger partial charge in [-0.2, -0.15) is 0 Å². The predicted molar refractivity (Wildman–Crippen MR) is 58.8 cm³/mol. The van der Waals surface area contributed by atoms with Crippen LogP contribution < -0.4 is 5.73 Å². The Bertz CT molecular complexity index is 307. The Hall–Kier alpha value is -1.15. The van der Waals surface area contributed by atoms with Crippen LogP contribution in [0.2, 0.25) is 0 Å². The molecule has 5 atom stereocenters. The number of rotatable bonds is 5. The van der Waals surface area contributed by atoms with Gasteiger partial charge < -0.3 is 25.4 Å². The molecule has 1 rings (SSSR count). The lowest BCUT2D eigenvalue weighted by Crippen LogP contribution is -2.62. The lowest BCUT2D eigenvalue weighted by Gasteiger charge is -2.40. The Morgan fingerprint density at radius 2 is 2.24 bits per heavy atom. The summed E-state index contributed by atoms with van der Waals surface area (Å²) in [5.41, 5.74) is 13.8. The second-order valence-electron chi connectivity index (χ2n) is 3.64. The van der Waals surface area contributed by atoms with Crippen LogP contribution in [0.25, 0.3) is 10.4 Å². The Morgan fingerprint density at radius 3 is 2.82 bits per heavy atom. The maximum Gasteiger partial charge on any atom is 0.176 e. The predicted octanol–water partition coefficient (Wildman–Crippen LogP) is -0.727. The van der Waals surface area contributed by atoms with Crippen LogP contribution in [0, 0.1) is 0 Å². The van der Waals surface area contributed by atoms with Crippen LogP contribution in [-0.4, -0.2) is 54.0 Å². The van der Waals surface area contributed by atoms with E-state index in [-0.39, 0.29) is 13.2 Å². The van der Waals surface area contributed by atoms with Gasteiger partial charge in [-0.3, -0.25) is 0 Å². The summed E-state index contributed by atoms with van der Waals surface area (Å²) in [4.78, 5) is 2.56. The van der Waals surface area contributed by atoms with E-state index < -0.39 is 30.6 Å². The minimum atomic E-state index is -1.21. The standard InChI is InChI=1S/C9H16N4O4/c1-2-3-16-9-6(10)8(15)7(14)5(17-9)4-12-13-11/h2,5-9,14-15H,1,3-4,10H2. The molecule has 8 heteroatoms. The molecule has 1 heterocycles. The Kier molecular flexibility index (Phi) is 5.36. The largest absolute Gasteiger partial charge is 0.388 e. The molecule has 1 aliphatic heterocycles. The number of aliphatic hydroxyl groups excluding tert-OH is 2. The number of hydrogen-bond donors (Lipinski definition) is 3. The third-order valence-electron chi connectivity index (χ3n) is 2.45. The first-order valence-electron chi connectivity index (χ1n) is 5.12.